The quantitative estimate of drug-likeness (QED) is 0.712. The third kappa shape index (κ3) is 1.96. The van der Waals surface area contributed by atoms with E-state index in [9.17, 15) is 4.79 Å². The van der Waals surface area contributed by atoms with Gasteiger partial charge in [0.25, 0.3) is 0 Å². The lowest BCUT2D eigenvalue weighted by atomic mass is 9.83. The lowest BCUT2D eigenvalue weighted by molar-refractivity contribution is -0.143. The largest absolute Gasteiger partial charge is 0.379 e. The maximum Gasteiger partial charge on any atom is 0.232 e. The molecule has 3 atom stereocenters. The highest BCUT2D eigenvalue weighted by Crippen LogP contribution is 2.31. The summed E-state index contributed by atoms with van der Waals surface area (Å²) in [4.78, 5) is 14.4. The van der Waals surface area contributed by atoms with E-state index >= 15 is 0 Å². The van der Waals surface area contributed by atoms with E-state index in [2.05, 4.69) is 6.92 Å². The van der Waals surface area contributed by atoms with E-state index in [1.807, 2.05) is 11.8 Å². The molecule has 2 saturated heterocycles. The molecule has 92 valence electrons. The van der Waals surface area contributed by atoms with Crippen LogP contribution in [0.5, 0.6) is 0 Å². The van der Waals surface area contributed by atoms with Gasteiger partial charge in [-0.15, -0.1) is 0 Å². The van der Waals surface area contributed by atoms with Gasteiger partial charge in [-0.05, 0) is 25.7 Å². The molecule has 1 amide bonds. The van der Waals surface area contributed by atoms with Crippen LogP contribution in [-0.4, -0.2) is 43.2 Å². The number of likely N-dealkylation sites (tertiary alicyclic amines) is 1. The normalized spacial score (nSPS) is 40.1. The van der Waals surface area contributed by atoms with Gasteiger partial charge in [0.15, 0.2) is 0 Å². The third-order valence-electron chi connectivity index (χ3n) is 3.95. The average molecular weight is 226 g/mol. The van der Waals surface area contributed by atoms with Crippen molar-refractivity contribution >= 4 is 5.91 Å². The first-order chi connectivity index (χ1) is 7.54. The minimum absolute atomic E-state index is 0.155. The number of nitrogens with zero attached hydrogens (tertiary/aromatic N) is 1. The van der Waals surface area contributed by atoms with E-state index < -0.39 is 5.41 Å². The molecule has 3 unspecified atom stereocenters. The van der Waals surface area contributed by atoms with E-state index in [1.165, 1.54) is 6.42 Å². The molecular formula is C12H22N2O2. The van der Waals surface area contributed by atoms with Crippen LogP contribution in [0.4, 0.5) is 0 Å². The molecule has 16 heavy (non-hydrogen) atoms. The van der Waals surface area contributed by atoms with Crippen molar-refractivity contribution in [3.05, 3.63) is 0 Å². The summed E-state index contributed by atoms with van der Waals surface area (Å²) >= 11 is 0. The Morgan fingerprint density at radius 2 is 2.31 bits per heavy atom. The summed E-state index contributed by atoms with van der Waals surface area (Å²) in [5.41, 5.74) is 5.48. The van der Waals surface area contributed by atoms with E-state index in [1.54, 1.807) is 0 Å². The fourth-order valence-electron chi connectivity index (χ4n) is 2.64. The molecule has 2 rings (SSSR count). The van der Waals surface area contributed by atoms with Crippen LogP contribution in [-0.2, 0) is 9.53 Å². The van der Waals surface area contributed by atoms with E-state index in [-0.39, 0.29) is 11.9 Å². The molecule has 2 aliphatic heterocycles. The number of carbonyl (C=O) groups excluding carboxylic acids is 1. The number of rotatable bonds is 1. The fourth-order valence-corrected chi connectivity index (χ4v) is 2.64. The highest BCUT2D eigenvalue weighted by molar-refractivity contribution is 5.83. The van der Waals surface area contributed by atoms with Crippen molar-refractivity contribution < 1.29 is 9.53 Å². The van der Waals surface area contributed by atoms with Crippen LogP contribution in [0.1, 0.15) is 26.7 Å². The van der Waals surface area contributed by atoms with Gasteiger partial charge in [0.1, 0.15) is 0 Å². The van der Waals surface area contributed by atoms with E-state index in [4.69, 9.17) is 10.5 Å². The third-order valence-corrected chi connectivity index (χ3v) is 3.95. The molecule has 0 radical (unpaired) electrons. The van der Waals surface area contributed by atoms with Gasteiger partial charge in [0.05, 0.1) is 18.6 Å². The molecule has 2 fully saturated rings. The van der Waals surface area contributed by atoms with Gasteiger partial charge >= 0.3 is 0 Å². The van der Waals surface area contributed by atoms with Crippen LogP contribution in [0.3, 0.4) is 0 Å². The van der Waals surface area contributed by atoms with Crippen molar-refractivity contribution in [2.45, 2.75) is 32.7 Å². The average Bonchev–Trinajstić information content (AvgIpc) is 2.59. The molecule has 4 nitrogen and oxygen atoms in total. The Morgan fingerprint density at radius 3 is 2.88 bits per heavy atom. The van der Waals surface area contributed by atoms with Crippen molar-refractivity contribution in [1.82, 2.24) is 4.90 Å². The zero-order chi connectivity index (χ0) is 11.8. The van der Waals surface area contributed by atoms with Crippen LogP contribution in [0, 0.1) is 11.3 Å². The molecule has 0 aliphatic carbocycles. The van der Waals surface area contributed by atoms with Crippen molar-refractivity contribution in [3.8, 4) is 0 Å². The van der Waals surface area contributed by atoms with Gasteiger partial charge in [-0.1, -0.05) is 6.92 Å². The standard InChI is InChI=1S/C12H22N2O2/c1-9-4-3-5-14(6-9)11(15)12(2)8-16-7-10(12)13/h9-10H,3-8,13H2,1-2H3. The summed E-state index contributed by atoms with van der Waals surface area (Å²) in [5, 5.41) is 0. The first kappa shape index (κ1) is 11.9. The SMILES string of the molecule is CC1CCCN(C(=O)C2(C)COCC2N)C1. The number of hydrogen-bond donors (Lipinski definition) is 1. The molecule has 0 aromatic rings. The summed E-state index contributed by atoms with van der Waals surface area (Å²) in [6, 6.07) is -0.155. The Bertz CT molecular complexity index is 282. The maximum atomic E-state index is 12.4. The van der Waals surface area contributed by atoms with E-state index in [0.717, 1.165) is 19.5 Å². The van der Waals surface area contributed by atoms with Crippen molar-refractivity contribution in [3.63, 3.8) is 0 Å². The van der Waals surface area contributed by atoms with Crippen LogP contribution >= 0.6 is 0 Å². The molecule has 0 aromatic heterocycles. The van der Waals surface area contributed by atoms with Crippen LogP contribution in [0.2, 0.25) is 0 Å². The number of piperidine rings is 1. The van der Waals surface area contributed by atoms with Crippen molar-refractivity contribution in [2.75, 3.05) is 26.3 Å². The predicted molar refractivity (Wildman–Crippen MR) is 61.9 cm³/mol. The number of ether oxygens (including phenoxy) is 1. The number of hydrogen-bond acceptors (Lipinski definition) is 3. The monoisotopic (exact) mass is 226 g/mol. The van der Waals surface area contributed by atoms with Crippen molar-refractivity contribution in [2.24, 2.45) is 17.1 Å². The topological polar surface area (TPSA) is 55.6 Å². The Morgan fingerprint density at radius 1 is 1.56 bits per heavy atom. The number of amides is 1. The molecule has 2 N–H and O–H groups in total. The van der Waals surface area contributed by atoms with Gasteiger partial charge in [-0.25, -0.2) is 0 Å². The van der Waals surface area contributed by atoms with Gasteiger partial charge < -0.3 is 15.4 Å². The second kappa shape index (κ2) is 4.34. The summed E-state index contributed by atoms with van der Waals surface area (Å²) in [6.07, 6.45) is 2.34. The maximum absolute atomic E-state index is 12.4. The second-order valence-corrected chi connectivity index (χ2v) is 5.54. The van der Waals surface area contributed by atoms with Gasteiger partial charge in [-0.2, -0.15) is 0 Å². The minimum Gasteiger partial charge on any atom is -0.379 e. The first-order valence-electron chi connectivity index (χ1n) is 6.17. The zero-order valence-electron chi connectivity index (χ0n) is 10.2. The van der Waals surface area contributed by atoms with Crippen LogP contribution in [0.25, 0.3) is 0 Å². The van der Waals surface area contributed by atoms with Crippen LogP contribution < -0.4 is 5.73 Å². The van der Waals surface area contributed by atoms with Crippen molar-refractivity contribution in [1.29, 1.82) is 0 Å². The predicted octanol–water partition coefficient (Wildman–Crippen LogP) is 0.609. The Kier molecular flexibility index (Phi) is 3.22. The molecule has 0 saturated carbocycles. The zero-order valence-corrected chi connectivity index (χ0v) is 10.2. The Labute approximate surface area is 97.1 Å². The molecule has 2 aliphatic rings. The fraction of sp³-hybridized carbons (Fsp3) is 0.917. The molecular weight excluding hydrogens is 204 g/mol. The summed E-state index contributed by atoms with van der Waals surface area (Å²) in [7, 11) is 0. The smallest absolute Gasteiger partial charge is 0.232 e. The molecule has 2 heterocycles. The summed E-state index contributed by atoms with van der Waals surface area (Å²) in [6.45, 7) is 6.87. The molecule has 0 aromatic carbocycles. The lowest BCUT2D eigenvalue weighted by Crippen LogP contribution is -2.53. The second-order valence-electron chi connectivity index (χ2n) is 5.54. The number of carbonyl (C=O) groups is 1. The summed E-state index contributed by atoms with van der Waals surface area (Å²) in [5.74, 6) is 0.795. The minimum atomic E-state index is -0.503. The molecule has 0 bridgehead atoms. The van der Waals surface area contributed by atoms with Gasteiger partial charge in [-0.3, -0.25) is 4.79 Å². The van der Waals surface area contributed by atoms with Gasteiger partial charge in [0, 0.05) is 19.1 Å². The highest BCUT2D eigenvalue weighted by atomic mass is 16.5. The van der Waals surface area contributed by atoms with Crippen LogP contribution in [0.15, 0.2) is 0 Å². The summed E-state index contributed by atoms with van der Waals surface area (Å²) < 4.78 is 5.34. The van der Waals surface area contributed by atoms with E-state index in [0.29, 0.717) is 19.1 Å². The Hall–Kier alpha value is -0.610. The lowest BCUT2D eigenvalue weighted by Gasteiger charge is -2.37. The number of nitrogens with two attached hydrogens (primary N) is 1. The molecule has 4 heteroatoms. The Balaban J connectivity index is 2.06. The first-order valence-corrected chi connectivity index (χ1v) is 6.17. The van der Waals surface area contributed by atoms with Gasteiger partial charge in [0.2, 0.25) is 5.91 Å². The highest BCUT2D eigenvalue weighted by Gasteiger charge is 2.46. The molecule has 0 spiro atoms.